The first kappa shape index (κ1) is 8.81. The summed E-state index contributed by atoms with van der Waals surface area (Å²) in [6, 6.07) is 0.156. The molecule has 1 saturated carbocycles. The molecule has 74 valence electrons. The minimum atomic E-state index is -0.853. The van der Waals surface area contributed by atoms with E-state index < -0.39 is 11.7 Å². The van der Waals surface area contributed by atoms with E-state index in [1.54, 1.807) is 13.8 Å². The van der Waals surface area contributed by atoms with Gasteiger partial charge < -0.3 is 15.1 Å². The molecule has 2 aliphatic heterocycles. The summed E-state index contributed by atoms with van der Waals surface area (Å²) in [5, 5.41) is 18.7. The Morgan fingerprint density at radius 3 is 2.31 bits per heavy atom. The predicted molar refractivity (Wildman–Crippen MR) is 46.5 cm³/mol. The molecule has 0 radical (unpaired) electrons. The summed E-state index contributed by atoms with van der Waals surface area (Å²) in [6.45, 7) is 4.04. The lowest BCUT2D eigenvalue weighted by molar-refractivity contribution is -0.0755. The van der Waals surface area contributed by atoms with Gasteiger partial charge in [0.05, 0.1) is 5.60 Å². The summed E-state index contributed by atoms with van der Waals surface area (Å²) in [4.78, 5) is 12.2. The fraction of sp³-hybridized carbons (Fsp3) is 0.889. The van der Waals surface area contributed by atoms with Crippen LogP contribution < -0.4 is 0 Å². The Morgan fingerprint density at radius 2 is 2.08 bits per heavy atom. The standard InChI is InChI=1S/C9H15NO3/c1-8(2,13)9-3-6(4-9)10(5-9)7(11)12/h6,13H,3-5H2,1-2H3,(H,11,12). The van der Waals surface area contributed by atoms with Gasteiger partial charge in [0.1, 0.15) is 0 Å². The summed E-state index contributed by atoms with van der Waals surface area (Å²) < 4.78 is 0. The summed E-state index contributed by atoms with van der Waals surface area (Å²) in [5.74, 6) is 0. The van der Waals surface area contributed by atoms with Crippen molar-refractivity contribution < 1.29 is 15.0 Å². The summed E-state index contributed by atoms with van der Waals surface area (Å²) >= 11 is 0. The number of hydrogen-bond acceptors (Lipinski definition) is 2. The van der Waals surface area contributed by atoms with Crippen LogP contribution in [0.1, 0.15) is 26.7 Å². The van der Waals surface area contributed by atoms with E-state index in [2.05, 4.69) is 0 Å². The smallest absolute Gasteiger partial charge is 0.407 e. The van der Waals surface area contributed by atoms with E-state index >= 15 is 0 Å². The van der Waals surface area contributed by atoms with E-state index in [0.717, 1.165) is 12.8 Å². The topological polar surface area (TPSA) is 60.8 Å². The Bertz CT molecular complexity index is 250. The summed E-state index contributed by atoms with van der Waals surface area (Å²) in [6.07, 6.45) is 0.791. The highest BCUT2D eigenvalue weighted by Crippen LogP contribution is 2.57. The summed E-state index contributed by atoms with van der Waals surface area (Å²) in [7, 11) is 0. The van der Waals surface area contributed by atoms with Crippen LogP contribution in [0.5, 0.6) is 0 Å². The van der Waals surface area contributed by atoms with Gasteiger partial charge in [-0.2, -0.15) is 0 Å². The van der Waals surface area contributed by atoms with E-state index in [9.17, 15) is 9.90 Å². The van der Waals surface area contributed by atoms with Crippen molar-refractivity contribution in [2.75, 3.05) is 6.54 Å². The van der Waals surface area contributed by atoms with Crippen LogP contribution in [0, 0.1) is 5.41 Å². The van der Waals surface area contributed by atoms with Crippen molar-refractivity contribution in [2.45, 2.75) is 38.3 Å². The maximum absolute atomic E-state index is 10.8. The zero-order valence-electron chi connectivity index (χ0n) is 7.95. The lowest BCUT2D eigenvalue weighted by Gasteiger charge is -2.45. The molecule has 2 heterocycles. The summed E-state index contributed by atoms with van der Waals surface area (Å²) in [5.41, 5.74) is -0.927. The number of hydrogen-bond donors (Lipinski definition) is 2. The molecule has 0 spiro atoms. The molecular weight excluding hydrogens is 170 g/mol. The first-order valence-corrected chi connectivity index (χ1v) is 4.58. The average molecular weight is 185 g/mol. The number of fused-ring (bicyclic) bond motifs is 1. The quantitative estimate of drug-likeness (QED) is 0.638. The molecule has 0 atom stereocenters. The molecule has 3 rings (SSSR count). The Labute approximate surface area is 77.2 Å². The SMILES string of the molecule is CC(C)(O)C12CC(C1)N(C(=O)O)C2. The van der Waals surface area contributed by atoms with Crippen LogP contribution in [-0.4, -0.2) is 39.4 Å². The molecule has 4 heteroatoms. The number of carboxylic acid groups (broad SMARTS) is 1. The van der Waals surface area contributed by atoms with Gasteiger partial charge in [0.15, 0.2) is 0 Å². The molecule has 0 unspecified atom stereocenters. The minimum absolute atomic E-state index is 0.156. The maximum Gasteiger partial charge on any atom is 0.407 e. The van der Waals surface area contributed by atoms with Crippen molar-refractivity contribution >= 4 is 6.09 Å². The van der Waals surface area contributed by atoms with E-state index in [4.69, 9.17) is 5.11 Å². The molecule has 2 saturated heterocycles. The number of carbonyl (C=O) groups is 1. The molecule has 1 aliphatic carbocycles. The molecule has 0 aromatic heterocycles. The van der Waals surface area contributed by atoms with E-state index in [1.165, 1.54) is 4.90 Å². The third-order valence-corrected chi connectivity index (χ3v) is 3.71. The fourth-order valence-corrected chi connectivity index (χ4v) is 2.56. The Hall–Kier alpha value is -0.770. The highest BCUT2D eigenvalue weighted by Gasteiger charge is 2.62. The molecule has 2 N–H and O–H groups in total. The third-order valence-electron chi connectivity index (χ3n) is 3.71. The Morgan fingerprint density at radius 1 is 1.54 bits per heavy atom. The van der Waals surface area contributed by atoms with Crippen molar-refractivity contribution in [1.82, 2.24) is 4.90 Å². The minimum Gasteiger partial charge on any atom is -0.465 e. The van der Waals surface area contributed by atoms with Crippen molar-refractivity contribution in [2.24, 2.45) is 5.41 Å². The van der Waals surface area contributed by atoms with Gasteiger partial charge in [-0.15, -0.1) is 0 Å². The van der Waals surface area contributed by atoms with Crippen LogP contribution in [0.25, 0.3) is 0 Å². The molecule has 0 aromatic carbocycles. The monoisotopic (exact) mass is 185 g/mol. The number of rotatable bonds is 1. The third kappa shape index (κ3) is 0.981. The number of amides is 1. The normalized spacial score (nSPS) is 37.5. The van der Waals surface area contributed by atoms with E-state index in [-0.39, 0.29) is 11.5 Å². The van der Waals surface area contributed by atoms with E-state index in [0.29, 0.717) is 6.54 Å². The van der Waals surface area contributed by atoms with Gasteiger partial charge in [-0.25, -0.2) is 4.79 Å². The van der Waals surface area contributed by atoms with Crippen LogP contribution in [0.15, 0.2) is 0 Å². The fourth-order valence-electron chi connectivity index (χ4n) is 2.56. The lowest BCUT2D eigenvalue weighted by Crippen LogP contribution is -2.50. The number of nitrogens with zero attached hydrogens (tertiary/aromatic N) is 1. The van der Waals surface area contributed by atoms with Crippen LogP contribution in [-0.2, 0) is 0 Å². The van der Waals surface area contributed by atoms with E-state index in [1.807, 2.05) is 0 Å². The van der Waals surface area contributed by atoms with Crippen molar-refractivity contribution in [3.63, 3.8) is 0 Å². The van der Waals surface area contributed by atoms with Gasteiger partial charge >= 0.3 is 6.09 Å². The first-order valence-electron chi connectivity index (χ1n) is 4.58. The second-order valence-electron chi connectivity index (χ2n) is 4.81. The largest absolute Gasteiger partial charge is 0.465 e. The average Bonchev–Trinajstić information content (AvgIpc) is 2.33. The Balaban J connectivity index is 2.16. The zero-order valence-corrected chi connectivity index (χ0v) is 7.95. The Kier molecular flexibility index (Phi) is 1.48. The van der Waals surface area contributed by atoms with Gasteiger partial charge in [0.25, 0.3) is 0 Å². The van der Waals surface area contributed by atoms with Crippen LogP contribution in [0.3, 0.4) is 0 Å². The molecule has 1 amide bonds. The van der Waals surface area contributed by atoms with Crippen LogP contribution in [0.4, 0.5) is 4.79 Å². The second kappa shape index (κ2) is 2.18. The highest BCUT2D eigenvalue weighted by atomic mass is 16.4. The lowest BCUT2D eigenvalue weighted by atomic mass is 9.61. The second-order valence-corrected chi connectivity index (χ2v) is 4.81. The van der Waals surface area contributed by atoms with Gasteiger partial charge in [-0.05, 0) is 26.7 Å². The molecule has 3 aliphatic rings. The first-order chi connectivity index (χ1) is 5.86. The van der Waals surface area contributed by atoms with Crippen LogP contribution in [0.2, 0.25) is 0 Å². The molecule has 0 aromatic rings. The maximum atomic E-state index is 10.8. The predicted octanol–water partition coefficient (Wildman–Crippen LogP) is 0.900. The highest BCUT2D eigenvalue weighted by molar-refractivity contribution is 5.67. The molecule has 2 bridgehead atoms. The van der Waals surface area contributed by atoms with Crippen molar-refractivity contribution in [3.05, 3.63) is 0 Å². The zero-order chi connectivity index (χ0) is 9.85. The van der Waals surface area contributed by atoms with Crippen molar-refractivity contribution in [3.8, 4) is 0 Å². The molecule has 4 nitrogen and oxygen atoms in total. The van der Waals surface area contributed by atoms with Crippen molar-refractivity contribution in [1.29, 1.82) is 0 Å². The van der Waals surface area contributed by atoms with Gasteiger partial charge in [0.2, 0.25) is 0 Å². The van der Waals surface area contributed by atoms with Crippen LogP contribution >= 0.6 is 0 Å². The molecule has 3 fully saturated rings. The van der Waals surface area contributed by atoms with Gasteiger partial charge in [0, 0.05) is 18.0 Å². The number of aliphatic hydroxyl groups is 1. The molecular formula is C9H15NO3. The molecule has 13 heavy (non-hydrogen) atoms. The van der Waals surface area contributed by atoms with Gasteiger partial charge in [-0.3, -0.25) is 0 Å². The van der Waals surface area contributed by atoms with Gasteiger partial charge in [-0.1, -0.05) is 0 Å².